The number of amides is 1. The number of carbonyl (C=O) groups excluding carboxylic acids is 1. The summed E-state index contributed by atoms with van der Waals surface area (Å²) >= 11 is 0. The van der Waals surface area contributed by atoms with E-state index in [0.717, 1.165) is 36.1 Å². The van der Waals surface area contributed by atoms with Crippen molar-refractivity contribution in [2.75, 3.05) is 32.8 Å². The van der Waals surface area contributed by atoms with Crippen LogP contribution < -0.4 is 4.72 Å². The van der Waals surface area contributed by atoms with E-state index in [1.54, 1.807) is 6.92 Å². The minimum absolute atomic E-state index is 0.0845. The number of hydrogen-bond acceptors (Lipinski definition) is 7. The predicted octanol–water partition coefficient (Wildman–Crippen LogP) is 1.50. The number of nitrogens with one attached hydrogen (secondary N) is 1. The van der Waals surface area contributed by atoms with Crippen LogP contribution in [0.1, 0.15) is 57.1 Å². The van der Waals surface area contributed by atoms with Gasteiger partial charge in [-0.1, -0.05) is 37.0 Å². The minimum atomic E-state index is -4.27. The van der Waals surface area contributed by atoms with Gasteiger partial charge in [-0.15, -0.1) is 0 Å². The Hall–Kier alpha value is -2.22. The summed E-state index contributed by atoms with van der Waals surface area (Å²) in [5.74, 6) is 5.76. The van der Waals surface area contributed by atoms with E-state index in [1.165, 1.54) is 11.8 Å². The van der Waals surface area contributed by atoms with E-state index in [2.05, 4.69) is 16.7 Å². The zero-order valence-electron chi connectivity index (χ0n) is 20.0. The van der Waals surface area contributed by atoms with E-state index in [9.17, 15) is 23.4 Å². The van der Waals surface area contributed by atoms with Gasteiger partial charge >= 0.3 is 0 Å². The van der Waals surface area contributed by atoms with Gasteiger partial charge in [0, 0.05) is 31.1 Å². The Morgan fingerprint density at radius 2 is 2.00 bits per heavy atom. The largest absolute Gasteiger partial charge is 0.395 e. The van der Waals surface area contributed by atoms with Crippen molar-refractivity contribution in [3.63, 3.8) is 0 Å². The van der Waals surface area contributed by atoms with Gasteiger partial charge in [-0.2, -0.15) is 0 Å². The van der Waals surface area contributed by atoms with Gasteiger partial charge in [-0.05, 0) is 62.4 Å². The van der Waals surface area contributed by atoms with Crippen LogP contribution in [0.3, 0.4) is 0 Å². The fraction of sp³-hybridized carbons (Fsp3) is 0.560. The van der Waals surface area contributed by atoms with E-state index < -0.39 is 21.0 Å². The molecule has 3 rings (SSSR count). The van der Waals surface area contributed by atoms with Crippen LogP contribution in [0.15, 0.2) is 30.3 Å². The molecule has 34 heavy (non-hydrogen) atoms. The highest BCUT2D eigenvalue weighted by Gasteiger charge is 2.44. The third kappa shape index (κ3) is 6.26. The smallest absolute Gasteiger partial charge is 0.279 e. The van der Waals surface area contributed by atoms with Crippen molar-refractivity contribution < 1.29 is 23.4 Å². The van der Waals surface area contributed by atoms with Crippen LogP contribution >= 0.6 is 0 Å². The molecule has 1 amide bonds. The molecule has 2 aliphatic heterocycles. The number of aliphatic hydroxyl groups excluding tert-OH is 1. The lowest BCUT2D eigenvalue weighted by atomic mass is 9.98. The Morgan fingerprint density at radius 1 is 1.26 bits per heavy atom. The molecule has 0 saturated carbocycles. The second kappa shape index (κ2) is 11.5. The van der Waals surface area contributed by atoms with E-state index in [0.29, 0.717) is 25.9 Å². The summed E-state index contributed by atoms with van der Waals surface area (Å²) < 4.78 is 27.1. The molecule has 0 bridgehead atoms. The first-order valence-electron chi connectivity index (χ1n) is 11.8. The average molecular weight is 490 g/mol. The lowest BCUT2D eigenvalue weighted by Gasteiger charge is -2.37. The summed E-state index contributed by atoms with van der Waals surface area (Å²) in [6, 6.07) is 8.15. The van der Waals surface area contributed by atoms with Crippen molar-refractivity contribution in [2.45, 2.75) is 57.1 Å². The summed E-state index contributed by atoms with van der Waals surface area (Å²) in [5, 5.41) is 17.9. The second-order valence-electron chi connectivity index (χ2n) is 8.97. The monoisotopic (exact) mass is 489 g/mol. The van der Waals surface area contributed by atoms with Gasteiger partial charge in [-0.25, -0.2) is 13.1 Å². The van der Waals surface area contributed by atoms with E-state index in [1.807, 2.05) is 35.1 Å². The maximum Gasteiger partial charge on any atom is 0.279 e. The van der Waals surface area contributed by atoms with Crippen LogP contribution in [0.25, 0.3) is 5.57 Å². The molecule has 1 unspecified atom stereocenters. The average Bonchev–Trinajstić information content (AvgIpc) is 3.27. The van der Waals surface area contributed by atoms with E-state index >= 15 is 0 Å². The molecule has 8 nitrogen and oxygen atoms in total. The van der Waals surface area contributed by atoms with Crippen molar-refractivity contribution in [1.82, 2.24) is 14.5 Å². The van der Waals surface area contributed by atoms with Gasteiger partial charge in [0.1, 0.15) is 0 Å². The van der Waals surface area contributed by atoms with Gasteiger partial charge in [0.05, 0.1) is 13.2 Å². The van der Waals surface area contributed by atoms with Crippen molar-refractivity contribution in [3.05, 3.63) is 41.5 Å². The molecule has 186 valence electrons. The fourth-order valence-electron chi connectivity index (χ4n) is 4.32. The first-order valence-corrected chi connectivity index (χ1v) is 13.3. The number of sulfonamides is 1. The fourth-order valence-corrected chi connectivity index (χ4v) is 5.42. The molecule has 1 aromatic rings. The Kier molecular flexibility index (Phi) is 8.90. The molecule has 1 fully saturated rings. The van der Waals surface area contributed by atoms with Crippen LogP contribution in [0.4, 0.5) is 0 Å². The Bertz CT molecular complexity index is 1050. The molecule has 0 aromatic heterocycles. The first-order chi connectivity index (χ1) is 16.2. The summed E-state index contributed by atoms with van der Waals surface area (Å²) in [4.78, 5) is 15.4. The lowest BCUT2D eigenvalue weighted by Crippen LogP contribution is -2.58. The minimum Gasteiger partial charge on any atom is -0.395 e. The predicted molar refractivity (Wildman–Crippen MR) is 132 cm³/mol. The van der Waals surface area contributed by atoms with Gasteiger partial charge in [0.25, 0.3) is 10.0 Å². The topological polar surface area (TPSA) is 110 Å². The molecule has 9 heteroatoms. The third-order valence-electron chi connectivity index (χ3n) is 6.51. The zero-order valence-corrected chi connectivity index (χ0v) is 20.8. The lowest BCUT2D eigenvalue weighted by molar-refractivity contribution is -0.119. The molecule has 1 saturated heterocycles. The van der Waals surface area contributed by atoms with Gasteiger partial charge < -0.3 is 10.2 Å². The highest BCUT2D eigenvalue weighted by Crippen LogP contribution is 2.28. The van der Waals surface area contributed by atoms with Crippen LogP contribution in [0.2, 0.25) is 0 Å². The van der Waals surface area contributed by atoms with Crippen LogP contribution in [0.5, 0.6) is 0 Å². The number of rotatable bonds is 8. The third-order valence-corrected chi connectivity index (χ3v) is 8.28. The van der Waals surface area contributed by atoms with Gasteiger partial charge in [0.15, 0.2) is 0 Å². The summed E-state index contributed by atoms with van der Waals surface area (Å²) in [7, 11) is -4.27. The number of carbonyl (C=O) groups is 1. The summed E-state index contributed by atoms with van der Waals surface area (Å²) in [5.41, 5.74) is 3.02. The molecule has 2 heterocycles. The number of aliphatic hydroxyl groups is 2. The second-order valence-corrected chi connectivity index (χ2v) is 11.0. The Morgan fingerprint density at radius 3 is 2.62 bits per heavy atom. The maximum atomic E-state index is 12.6. The molecule has 2 aliphatic rings. The number of benzene rings is 1. The number of nitrogens with zero attached hydrogens (tertiary/aromatic N) is 2. The summed E-state index contributed by atoms with van der Waals surface area (Å²) in [6.45, 7) is 5.37. The highest BCUT2D eigenvalue weighted by molar-refractivity contribution is 7.91. The Labute approximate surface area is 202 Å². The molecular formula is C25H35N3O5S. The molecule has 0 aliphatic carbocycles. The van der Waals surface area contributed by atoms with Crippen LogP contribution in [0, 0.1) is 11.8 Å². The van der Waals surface area contributed by atoms with Crippen LogP contribution in [-0.4, -0.2) is 78.2 Å². The molecule has 0 radical (unpaired) electrons. The van der Waals surface area contributed by atoms with Gasteiger partial charge in [-0.3, -0.25) is 14.6 Å². The highest BCUT2D eigenvalue weighted by atomic mass is 32.2. The zero-order chi connectivity index (χ0) is 24.8. The SMILES string of the molecule is CCCC(=O)NS(=O)(=O)C(C)(O)N1CC=C(c2ccc(C#CCN3CCC[C@H]3CO)cc2)CC1. The molecule has 0 spiro atoms. The van der Waals surface area contributed by atoms with Crippen molar-refractivity contribution in [2.24, 2.45) is 0 Å². The molecular weight excluding hydrogens is 454 g/mol. The van der Waals surface area contributed by atoms with Crippen molar-refractivity contribution in [3.8, 4) is 11.8 Å². The van der Waals surface area contributed by atoms with Gasteiger partial charge in [0.2, 0.25) is 11.0 Å². The molecule has 3 N–H and O–H groups in total. The maximum absolute atomic E-state index is 12.6. The standard InChI is InChI=1S/C25H35N3O5S/c1-3-6-24(30)26-34(32,33)25(2,31)28-17-13-22(14-18-28)21-11-9-20(10-12-21)7-4-15-27-16-5-8-23(27)19-29/h9-13,23,29,31H,3,5-6,8,14-19H2,1-2H3,(H,26,30)/t23-,25?/m0/s1. The number of likely N-dealkylation sites (tertiary alicyclic amines) is 1. The van der Waals surface area contributed by atoms with Crippen molar-refractivity contribution in [1.29, 1.82) is 0 Å². The quantitative estimate of drug-likeness (QED) is 0.475. The van der Waals surface area contributed by atoms with E-state index in [-0.39, 0.29) is 25.6 Å². The Balaban J connectivity index is 1.60. The molecule has 1 aromatic carbocycles. The number of hydrogen-bond donors (Lipinski definition) is 3. The molecule has 2 atom stereocenters. The first kappa shape index (κ1) is 26.4. The van der Waals surface area contributed by atoms with E-state index in [4.69, 9.17) is 0 Å². The van der Waals surface area contributed by atoms with Crippen LogP contribution in [-0.2, 0) is 14.8 Å². The normalized spacial score (nSPS) is 21.3. The summed E-state index contributed by atoms with van der Waals surface area (Å²) in [6.07, 6.45) is 5.20. The van der Waals surface area contributed by atoms with Crippen molar-refractivity contribution >= 4 is 21.5 Å².